The first-order chi connectivity index (χ1) is 9.58. The summed E-state index contributed by atoms with van der Waals surface area (Å²) in [6.45, 7) is 4.02. The summed E-state index contributed by atoms with van der Waals surface area (Å²) < 4.78 is 7.24. The fourth-order valence-corrected chi connectivity index (χ4v) is 2.32. The van der Waals surface area contributed by atoms with Crippen LogP contribution >= 0.6 is 0 Å². The standard InChI is InChI=1S/C16H17N3O/c1-10-7-16-18-14(9-19(16)8-13(10)17)12-4-5-15(20-3)11(2)6-12/h4-9H,17H2,1-3H3. The third-order valence-corrected chi connectivity index (χ3v) is 3.53. The summed E-state index contributed by atoms with van der Waals surface area (Å²) in [6, 6.07) is 8.06. The van der Waals surface area contributed by atoms with E-state index in [2.05, 4.69) is 11.1 Å². The van der Waals surface area contributed by atoms with Gasteiger partial charge in [-0.05, 0) is 49.2 Å². The van der Waals surface area contributed by atoms with Crippen molar-refractivity contribution in [1.29, 1.82) is 0 Å². The predicted molar refractivity (Wildman–Crippen MR) is 81.1 cm³/mol. The average molecular weight is 267 g/mol. The van der Waals surface area contributed by atoms with Gasteiger partial charge < -0.3 is 14.9 Å². The van der Waals surface area contributed by atoms with Crippen molar-refractivity contribution in [3.63, 3.8) is 0 Å². The largest absolute Gasteiger partial charge is 0.496 e. The molecule has 102 valence electrons. The minimum atomic E-state index is 0.771. The first-order valence-electron chi connectivity index (χ1n) is 6.48. The second-order valence-electron chi connectivity index (χ2n) is 4.99. The highest BCUT2D eigenvalue weighted by Crippen LogP contribution is 2.26. The van der Waals surface area contributed by atoms with E-state index in [1.807, 2.05) is 48.8 Å². The van der Waals surface area contributed by atoms with Crippen LogP contribution in [0, 0.1) is 13.8 Å². The summed E-state index contributed by atoms with van der Waals surface area (Å²) in [7, 11) is 1.68. The Morgan fingerprint density at radius 1 is 1.10 bits per heavy atom. The van der Waals surface area contributed by atoms with Crippen LogP contribution in [0.3, 0.4) is 0 Å². The predicted octanol–water partition coefficient (Wildman–Crippen LogP) is 3.21. The first-order valence-corrected chi connectivity index (χ1v) is 6.48. The third kappa shape index (κ3) is 1.99. The van der Waals surface area contributed by atoms with E-state index in [0.717, 1.165) is 39.5 Å². The molecule has 20 heavy (non-hydrogen) atoms. The van der Waals surface area contributed by atoms with Crippen molar-refractivity contribution in [1.82, 2.24) is 9.38 Å². The lowest BCUT2D eigenvalue weighted by Gasteiger charge is -2.05. The molecule has 1 aromatic carbocycles. The Morgan fingerprint density at radius 3 is 2.60 bits per heavy atom. The average Bonchev–Trinajstić information content (AvgIpc) is 2.82. The molecule has 2 aromatic heterocycles. The Bertz CT molecular complexity index is 751. The molecular weight excluding hydrogens is 250 g/mol. The monoisotopic (exact) mass is 267 g/mol. The lowest BCUT2D eigenvalue weighted by atomic mass is 10.1. The van der Waals surface area contributed by atoms with Crippen molar-refractivity contribution in [3.05, 3.63) is 47.8 Å². The van der Waals surface area contributed by atoms with Crippen molar-refractivity contribution in [2.45, 2.75) is 13.8 Å². The molecule has 4 nitrogen and oxygen atoms in total. The van der Waals surface area contributed by atoms with Gasteiger partial charge in [-0.2, -0.15) is 0 Å². The fraction of sp³-hybridized carbons (Fsp3) is 0.188. The number of nitrogens with two attached hydrogens (primary N) is 1. The zero-order valence-electron chi connectivity index (χ0n) is 11.8. The smallest absolute Gasteiger partial charge is 0.137 e. The van der Waals surface area contributed by atoms with Crippen LogP contribution in [0.25, 0.3) is 16.9 Å². The number of methoxy groups -OCH3 is 1. The Labute approximate surface area is 117 Å². The van der Waals surface area contributed by atoms with E-state index in [4.69, 9.17) is 10.5 Å². The van der Waals surface area contributed by atoms with E-state index in [1.54, 1.807) is 7.11 Å². The molecular formula is C16H17N3O. The summed E-state index contributed by atoms with van der Waals surface area (Å²) in [5.74, 6) is 0.887. The number of pyridine rings is 1. The van der Waals surface area contributed by atoms with Crippen LogP contribution in [0.2, 0.25) is 0 Å². The molecule has 0 unspecified atom stereocenters. The topological polar surface area (TPSA) is 52.5 Å². The van der Waals surface area contributed by atoms with Crippen molar-refractivity contribution in [3.8, 4) is 17.0 Å². The lowest BCUT2D eigenvalue weighted by molar-refractivity contribution is 0.412. The molecule has 0 atom stereocenters. The number of fused-ring (bicyclic) bond motifs is 1. The van der Waals surface area contributed by atoms with Crippen LogP contribution in [-0.4, -0.2) is 16.5 Å². The molecule has 0 aliphatic carbocycles. The van der Waals surface area contributed by atoms with Crippen molar-refractivity contribution in [2.24, 2.45) is 0 Å². The Kier molecular flexibility index (Phi) is 2.86. The number of aromatic nitrogens is 2. The van der Waals surface area contributed by atoms with Gasteiger partial charge in [0.1, 0.15) is 11.4 Å². The van der Waals surface area contributed by atoms with Crippen LogP contribution in [0.5, 0.6) is 5.75 Å². The molecule has 2 heterocycles. The maximum absolute atomic E-state index is 5.93. The number of imidazole rings is 1. The van der Waals surface area contributed by atoms with Gasteiger partial charge in [-0.1, -0.05) is 0 Å². The lowest BCUT2D eigenvalue weighted by Crippen LogP contribution is -1.93. The summed E-state index contributed by atoms with van der Waals surface area (Å²) in [5, 5.41) is 0. The van der Waals surface area contributed by atoms with Gasteiger partial charge in [0.15, 0.2) is 0 Å². The minimum absolute atomic E-state index is 0.771. The Morgan fingerprint density at radius 2 is 1.90 bits per heavy atom. The van der Waals surface area contributed by atoms with Gasteiger partial charge in [0.25, 0.3) is 0 Å². The Hall–Kier alpha value is -2.49. The number of benzene rings is 1. The first kappa shape index (κ1) is 12.5. The van der Waals surface area contributed by atoms with Crippen LogP contribution in [-0.2, 0) is 0 Å². The molecule has 0 spiro atoms. The molecule has 0 bridgehead atoms. The molecule has 0 saturated carbocycles. The van der Waals surface area contributed by atoms with Gasteiger partial charge in [0.2, 0.25) is 0 Å². The molecule has 0 aliphatic rings. The van der Waals surface area contributed by atoms with E-state index in [-0.39, 0.29) is 0 Å². The fourth-order valence-electron chi connectivity index (χ4n) is 2.32. The van der Waals surface area contributed by atoms with E-state index < -0.39 is 0 Å². The molecule has 0 radical (unpaired) electrons. The van der Waals surface area contributed by atoms with E-state index >= 15 is 0 Å². The highest BCUT2D eigenvalue weighted by molar-refractivity contribution is 5.66. The number of nitrogens with zero attached hydrogens (tertiary/aromatic N) is 2. The van der Waals surface area contributed by atoms with Crippen LogP contribution in [0.1, 0.15) is 11.1 Å². The number of hydrogen-bond donors (Lipinski definition) is 1. The molecule has 3 rings (SSSR count). The number of nitrogen functional groups attached to an aromatic ring is 1. The quantitative estimate of drug-likeness (QED) is 0.775. The SMILES string of the molecule is COc1ccc(-c2cn3cc(N)c(C)cc3n2)cc1C. The highest BCUT2D eigenvalue weighted by Gasteiger charge is 2.08. The molecule has 0 amide bonds. The maximum atomic E-state index is 5.93. The Balaban J connectivity index is 2.12. The maximum Gasteiger partial charge on any atom is 0.137 e. The van der Waals surface area contributed by atoms with Crippen molar-refractivity contribution in [2.75, 3.05) is 12.8 Å². The summed E-state index contributed by atoms with van der Waals surface area (Å²) in [6.07, 6.45) is 3.89. The van der Waals surface area contributed by atoms with Crippen molar-refractivity contribution < 1.29 is 4.74 Å². The second-order valence-corrected chi connectivity index (χ2v) is 4.99. The normalized spacial score (nSPS) is 10.9. The molecule has 4 heteroatoms. The molecule has 0 fully saturated rings. The zero-order chi connectivity index (χ0) is 14.3. The van der Waals surface area contributed by atoms with Crippen molar-refractivity contribution >= 4 is 11.3 Å². The second kappa shape index (κ2) is 4.56. The van der Waals surface area contributed by atoms with E-state index in [0.29, 0.717) is 0 Å². The minimum Gasteiger partial charge on any atom is -0.496 e. The molecule has 0 aliphatic heterocycles. The third-order valence-electron chi connectivity index (χ3n) is 3.53. The van der Waals surface area contributed by atoms with Gasteiger partial charge in [0, 0.05) is 18.0 Å². The van der Waals surface area contributed by atoms with Gasteiger partial charge in [0.05, 0.1) is 18.5 Å². The highest BCUT2D eigenvalue weighted by atomic mass is 16.5. The number of aryl methyl sites for hydroxylation is 2. The summed E-state index contributed by atoms with van der Waals surface area (Å²) in [5.41, 5.74) is 11.7. The number of hydrogen-bond acceptors (Lipinski definition) is 3. The van der Waals surface area contributed by atoms with E-state index in [9.17, 15) is 0 Å². The molecule has 0 saturated heterocycles. The van der Waals surface area contributed by atoms with Gasteiger partial charge in [-0.15, -0.1) is 0 Å². The molecule has 3 aromatic rings. The number of anilines is 1. The van der Waals surface area contributed by atoms with Gasteiger partial charge >= 0.3 is 0 Å². The van der Waals surface area contributed by atoms with Crippen LogP contribution in [0.4, 0.5) is 5.69 Å². The summed E-state index contributed by atoms with van der Waals surface area (Å²) in [4.78, 5) is 4.65. The van der Waals surface area contributed by atoms with Gasteiger partial charge in [-0.3, -0.25) is 0 Å². The van der Waals surface area contributed by atoms with E-state index in [1.165, 1.54) is 0 Å². The van der Waals surface area contributed by atoms with Crippen LogP contribution in [0.15, 0.2) is 36.7 Å². The number of ether oxygens (including phenoxy) is 1. The summed E-state index contributed by atoms with van der Waals surface area (Å²) >= 11 is 0. The number of rotatable bonds is 2. The molecule has 2 N–H and O–H groups in total. The van der Waals surface area contributed by atoms with Gasteiger partial charge in [-0.25, -0.2) is 4.98 Å². The van der Waals surface area contributed by atoms with Crippen LogP contribution < -0.4 is 10.5 Å². The zero-order valence-corrected chi connectivity index (χ0v) is 11.8.